The molecule has 3 rings (SSSR count). The van der Waals surface area contributed by atoms with Crippen molar-refractivity contribution in [2.75, 3.05) is 11.5 Å². The average molecular weight is 341 g/mol. The number of hydrogen-bond acceptors (Lipinski definition) is 5. The second-order valence-corrected chi connectivity index (χ2v) is 5.82. The van der Waals surface area contributed by atoms with Gasteiger partial charge in [-0.05, 0) is 45.0 Å². The number of esters is 1. The molecule has 0 N–H and O–H groups in total. The van der Waals surface area contributed by atoms with Crippen molar-refractivity contribution in [3.63, 3.8) is 0 Å². The van der Waals surface area contributed by atoms with Crippen molar-refractivity contribution >= 4 is 23.5 Å². The highest BCUT2D eigenvalue weighted by atomic mass is 16.5. The van der Waals surface area contributed by atoms with Gasteiger partial charge in [-0.1, -0.05) is 0 Å². The Labute approximate surface area is 145 Å². The number of aryl methyl sites for hydroxylation is 1. The molecular weight excluding hydrogens is 322 g/mol. The van der Waals surface area contributed by atoms with E-state index in [1.54, 1.807) is 49.7 Å². The van der Waals surface area contributed by atoms with Crippen LogP contribution in [0.4, 0.5) is 5.69 Å². The summed E-state index contributed by atoms with van der Waals surface area (Å²) in [5.41, 5.74) is 3.00. The van der Waals surface area contributed by atoms with Gasteiger partial charge >= 0.3 is 5.97 Å². The molecule has 2 aromatic rings. The number of benzene rings is 1. The molecule has 1 aliphatic rings. The van der Waals surface area contributed by atoms with Crippen LogP contribution in [0.5, 0.6) is 0 Å². The second kappa shape index (κ2) is 6.51. The topological polar surface area (TPSA) is 81.5 Å². The van der Waals surface area contributed by atoms with Crippen molar-refractivity contribution in [2.45, 2.75) is 33.6 Å². The Hall–Kier alpha value is -2.96. The number of aromatic nitrogens is 2. The van der Waals surface area contributed by atoms with Crippen molar-refractivity contribution in [1.29, 1.82) is 0 Å². The van der Waals surface area contributed by atoms with Crippen molar-refractivity contribution in [2.24, 2.45) is 0 Å². The summed E-state index contributed by atoms with van der Waals surface area (Å²) in [6.45, 7) is 5.61. The first-order chi connectivity index (χ1) is 11.9. The van der Waals surface area contributed by atoms with Crippen LogP contribution >= 0.6 is 0 Å². The van der Waals surface area contributed by atoms with Gasteiger partial charge in [-0.25, -0.2) is 9.48 Å². The number of ether oxygens (including phenoxy) is 1. The summed E-state index contributed by atoms with van der Waals surface area (Å²) in [7, 11) is 0. The molecule has 1 aromatic heterocycles. The van der Waals surface area contributed by atoms with E-state index < -0.39 is 5.97 Å². The lowest BCUT2D eigenvalue weighted by molar-refractivity contribution is -0.121. The molecule has 1 aromatic carbocycles. The van der Waals surface area contributed by atoms with E-state index in [0.717, 1.165) is 5.69 Å². The molecule has 0 aliphatic carbocycles. The van der Waals surface area contributed by atoms with Gasteiger partial charge in [-0.2, -0.15) is 5.10 Å². The number of anilines is 1. The van der Waals surface area contributed by atoms with E-state index in [2.05, 4.69) is 5.10 Å². The molecule has 0 spiro atoms. The SMILES string of the molecule is CCOC(=O)c1c(C)nn(-c2ccc(N3C(=O)CCC3=O)cc2)c1C. The lowest BCUT2D eigenvalue weighted by Gasteiger charge is -2.14. The van der Waals surface area contributed by atoms with E-state index >= 15 is 0 Å². The molecular formula is C18H19N3O4. The Kier molecular flexibility index (Phi) is 4.39. The van der Waals surface area contributed by atoms with Gasteiger partial charge in [0.05, 0.1) is 29.4 Å². The van der Waals surface area contributed by atoms with E-state index in [1.807, 2.05) is 0 Å². The standard InChI is InChI=1S/C18H19N3O4/c1-4-25-18(24)17-11(2)19-21(12(17)3)14-7-5-13(6-8-14)20-15(22)9-10-16(20)23/h5-8H,4,9-10H2,1-3H3. The summed E-state index contributed by atoms with van der Waals surface area (Å²) in [5, 5.41) is 4.41. The summed E-state index contributed by atoms with van der Waals surface area (Å²) in [4.78, 5) is 36.9. The fourth-order valence-corrected chi connectivity index (χ4v) is 3.00. The van der Waals surface area contributed by atoms with E-state index in [9.17, 15) is 14.4 Å². The molecule has 1 fully saturated rings. The molecule has 0 unspecified atom stereocenters. The van der Waals surface area contributed by atoms with Gasteiger partial charge in [0.1, 0.15) is 5.56 Å². The second-order valence-electron chi connectivity index (χ2n) is 5.82. The molecule has 130 valence electrons. The van der Waals surface area contributed by atoms with Gasteiger partial charge in [0.15, 0.2) is 0 Å². The van der Waals surface area contributed by atoms with Crippen LogP contribution in [-0.2, 0) is 14.3 Å². The minimum absolute atomic E-state index is 0.187. The number of hydrogen-bond donors (Lipinski definition) is 0. The molecule has 1 aliphatic heterocycles. The Bertz CT molecular complexity index is 836. The Balaban J connectivity index is 1.93. The van der Waals surface area contributed by atoms with Crippen molar-refractivity contribution in [3.8, 4) is 5.69 Å². The van der Waals surface area contributed by atoms with Crippen LogP contribution in [0.1, 0.15) is 41.5 Å². The minimum Gasteiger partial charge on any atom is -0.462 e. The maximum Gasteiger partial charge on any atom is 0.341 e. The molecule has 25 heavy (non-hydrogen) atoms. The largest absolute Gasteiger partial charge is 0.462 e. The summed E-state index contributed by atoms with van der Waals surface area (Å²) in [6, 6.07) is 6.94. The van der Waals surface area contributed by atoms with Gasteiger partial charge in [-0.15, -0.1) is 0 Å². The van der Waals surface area contributed by atoms with E-state index in [-0.39, 0.29) is 24.7 Å². The third-order valence-electron chi connectivity index (χ3n) is 4.17. The number of rotatable bonds is 4. The van der Waals surface area contributed by atoms with Crippen molar-refractivity contribution in [1.82, 2.24) is 9.78 Å². The average Bonchev–Trinajstić information content (AvgIpc) is 3.07. The maximum atomic E-state index is 12.1. The zero-order valence-corrected chi connectivity index (χ0v) is 14.4. The maximum absolute atomic E-state index is 12.1. The number of carbonyl (C=O) groups is 3. The molecule has 7 heteroatoms. The van der Waals surface area contributed by atoms with Crippen LogP contribution in [0.15, 0.2) is 24.3 Å². The molecule has 0 saturated carbocycles. The fraction of sp³-hybridized carbons (Fsp3) is 0.333. The van der Waals surface area contributed by atoms with Crippen molar-refractivity contribution < 1.29 is 19.1 Å². The molecule has 0 bridgehead atoms. The molecule has 1 saturated heterocycles. The van der Waals surface area contributed by atoms with Crippen LogP contribution in [0.2, 0.25) is 0 Å². The molecule has 0 atom stereocenters. The van der Waals surface area contributed by atoms with Gasteiger partial charge in [0, 0.05) is 12.8 Å². The monoisotopic (exact) mass is 341 g/mol. The van der Waals surface area contributed by atoms with Crippen LogP contribution in [0, 0.1) is 13.8 Å². The lowest BCUT2D eigenvalue weighted by atomic mass is 10.2. The zero-order chi connectivity index (χ0) is 18.1. The Morgan fingerprint density at radius 1 is 1.08 bits per heavy atom. The Morgan fingerprint density at radius 2 is 1.64 bits per heavy atom. The summed E-state index contributed by atoms with van der Waals surface area (Å²) in [6.07, 6.45) is 0.502. The zero-order valence-electron chi connectivity index (χ0n) is 14.4. The molecule has 7 nitrogen and oxygen atoms in total. The van der Waals surface area contributed by atoms with Crippen LogP contribution in [-0.4, -0.2) is 34.2 Å². The number of imide groups is 1. The van der Waals surface area contributed by atoms with E-state index in [4.69, 9.17) is 4.74 Å². The highest BCUT2D eigenvalue weighted by Crippen LogP contribution is 2.25. The quantitative estimate of drug-likeness (QED) is 0.630. The number of nitrogens with zero attached hydrogens (tertiary/aromatic N) is 3. The minimum atomic E-state index is -0.395. The highest BCUT2D eigenvalue weighted by Gasteiger charge is 2.30. The first kappa shape index (κ1) is 16.9. The number of amides is 2. The molecule has 2 amide bonds. The summed E-state index contributed by atoms with van der Waals surface area (Å²) >= 11 is 0. The third kappa shape index (κ3) is 2.93. The lowest BCUT2D eigenvalue weighted by Crippen LogP contribution is -2.28. The van der Waals surface area contributed by atoms with Crippen LogP contribution in [0.25, 0.3) is 5.69 Å². The molecule has 2 heterocycles. The van der Waals surface area contributed by atoms with Gasteiger partial charge in [-0.3, -0.25) is 14.5 Å². The Morgan fingerprint density at radius 3 is 2.20 bits per heavy atom. The van der Waals surface area contributed by atoms with Gasteiger partial charge in [0.2, 0.25) is 11.8 Å². The van der Waals surface area contributed by atoms with Crippen molar-refractivity contribution in [3.05, 3.63) is 41.2 Å². The summed E-state index contributed by atoms with van der Waals surface area (Å²) < 4.78 is 6.73. The molecule has 0 radical (unpaired) electrons. The van der Waals surface area contributed by atoms with Crippen LogP contribution < -0.4 is 4.90 Å². The first-order valence-corrected chi connectivity index (χ1v) is 8.13. The van der Waals surface area contributed by atoms with Gasteiger partial charge in [0.25, 0.3) is 0 Å². The summed E-state index contributed by atoms with van der Waals surface area (Å²) in [5.74, 6) is -0.768. The predicted octanol–water partition coefficient (Wildman–Crippen LogP) is 2.32. The highest BCUT2D eigenvalue weighted by molar-refractivity contribution is 6.19. The number of carbonyl (C=O) groups excluding carboxylic acids is 3. The van der Waals surface area contributed by atoms with Gasteiger partial charge < -0.3 is 4.74 Å². The first-order valence-electron chi connectivity index (χ1n) is 8.13. The third-order valence-corrected chi connectivity index (χ3v) is 4.17. The fourth-order valence-electron chi connectivity index (χ4n) is 3.00. The van der Waals surface area contributed by atoms with Crippen LogP contribution in [0.3, 0.4) is 0 Å². The van der Waals surface area contributed by atoms with E-state index in [1.165, 1.54) is 4.90 Å². The normalized spacial score (nSPS) is 14.3. The van der Waals surface area contributed by atoms with E-state index in [0.29, 0.717) is 29.2 Å². The smallest absolute Gasteiger partial charge is 0.341 e. The predicted molar refractivity (Wildman–Crippen MR) is 90.7 cm³/mol.